The number of carbonyl (C=O) groups is 1. The lowest BCUT2D eigenvalue weighted by atomic mass is 10.3. The Kier molecular flexibility index (Phi) is 5.31. The summed E-state index contributed by atoms with van der Waals surface area (Å²) in [5, 5.41) is 10.8. The molecule has 0 fully saturated rings. The van der Waals surface area contributed by atoms with Crippen molar-refractivity contribution in [3.63, 3.8) is 0 Å². The van der Waals surface area contributed by atoms with E-state index in [4.69, 9.17) is 16.4 Å². The van der Waals surface area contributed by atoms with Gasteiger partial charge in [0.1, 0.15) is 11.0 Å². The van der Waals surface area contributed by atoms with Crippen LogP contribution in [0.5, 0.6) is 0 Å². The summed E-state index contributed by atoms with van der Waals surface area (Å²) in [6, 6.07) is 10.9. The number of halogens is 1. The third-order valence-electron chi connectivity index (χ3n) is 3.59. The Bertz CT molecular complexity index is 1100. The number of rotatable bonds is 6. The molecule has 1 amide bonds. The molecule has 3 rings (SSSR count). The number of sulfonamides is 1. The van der Waals surface area contributed by atoms with Gasteiger partial charge in [-0.25, -0.2) is 12.7 Å². The number of nitrogens with one attached hydrogen (secondary N) is 1. The molecule has 27 heavy (non-hydrogen) atoms. The van der Waals surface area contributed by atoms with Crippen LogP contribution in [0.2, 0.25) is 5.02 Å². The molecule has 9 nitrogen and oxygen atoms in total. The van der Waals surface area contributed by atoms with Crippen LogP contribution >= 0.6 is 11.6 Å². The molecule has 0 spiro atoms. The molecule has 3 aromatic rings. The number of amides is 1. The quantitative estimate of drug-likeness (QED) is 0.659. The van der Waals surface area contributed by atoms with E-state index in [1.807, 2.05) is 0 Å². The summed E-state index contributed by atoms with van der Waals surface area (Å²) < 4.78 is 25.4. The molecule has 2 aromatic carbocycles. The molecule has 1 aromatic heterocycles. The first-order valence-corrected chi connectivity index (χ1v) is 9.56. The van der Waals surface area contributed by atoms with E-state index in [9.17, 15) is 13.2 Å². The topological polar surface area (TPSA) is 106 Å². The minimum Gasteiger partial charge on any atom is -0.385 e. The number of hydrogen-bond donors (Lipinski definition) is 1. The lowest BCUT2D eigenvalue weighted by molar-refractivity contribution is -0.121. The number of benzene rings is 2. The number of anilines is 1. The van der Waals surface area contributed by atoms with Crippen molar-refractivity contribution in [3.05, 3.63) is 47.5 Å². The van der Waals surface area contributed by atoms with Crippen molar-refractivity contribution in [2.45, 2.75) is 4.90 Å². The predicted octanol–water partition coefficient (Wildman–Crippen LogP) is 1.40. The fourth-order valence-corrected chi connectivity index (χ4v) is 3.34. The van der Waals surface area contributed by atoms with Crippen LogP contribution in [0.3, 0.4) is 0 Å². The van der Waals surface area contributed by atoms with E-state index in [-0.39, 0.29) is 11.5 Å². The van der Waals surface area contributed by atoms with Gasteiger partial charge < -0.3 is 10.2 Å². The molecule has 1 N–H and O–H groups in total. The van der Waals surface area contributed by atoms with Crippen molar-refractivity contribution in [1.29, 1.82) is 0 Å². The first-order chi connectivity index (χ1) is 12.8. The molecule has 0 radical (unpaired) electrons. The number of carbonyl (C=O) groups excluding carboxylic acids is 1. The van der Waals surface area contributed by atoms with Gasteiger partial charge in [0.25, 0.3) is 5.91 Å². The van der Waals surface area contributed by atoms with Gasteiger partial charge in [0.2, 0.25) is 10.0 Å². The van der Waals surface area contributed by atoms with Crippen LogP contribution in [0.4, 0.5) is 5.69 Å². The second-order valence-corrected chi connectivity index (χ2v) is 8.32. The molecule has 0 aliphatic rings. The maximum atomic E-state index is 12.2. The largest absolute Gasteiger partial charge is 0.385 e. The van der Waals surface area contributed by atoms with Gasteiger partial charge in [0.15, 0.2) is 6.61 Å². The van der Waals surface area contributed by atoms with Gasteiger partial charge in [-0.15, -0.1) is 5.10 Å². The van der Waals surface area contributed by atoms with Crippen LogP contribution in [0.1, 0.15) is 0 Å². The average molecular weight is 410 g/mol. The van der Waals surface area contributed by atoms with Crippen molar-refractivity contribution < 1.29 is 18.0 Å². The second kappa shape index (κ2) is 7.51. The highest BCUT2D eigenvalue weighted by Gasteiger charge is 2.17. The molecule has 0 saturated carbocycles. The maximum absolute atomic E-state index is 12.2. The SMILES string of the molecule is CN(C)S(=O)(=O)c1cccc(NC(=O)COn2nnc3ccc(Cl)cc32)c1. The zero-order valence-electron chi connectivity index (χ0n) is 14.5. The zero-order chi connectivity index (χ0) is 19.6. The Morgan fingerprint density at radius 2 is 2.04 bits per heavy atom. The summed E-state index contributed by atoms with van der Waals surface area (Å²) in [7, 11) is -0.728. The monoisotopic (exact) mass is 409 g/mol. The van der Waals surface area contributed by atoms with Gasteiger partial charge in [-0.1, -0.05) is 22.5 Å². The number of nitrogens with zero attached hydrogens (tertiary/aromatic N) is 4. The minimum atomic E-state index is -3.60. The fourth-order valence-electron chi connectivity index (χ4n) is 2.23. The smallest absolute Gasteiger partial charge is 0.265 e. The first-order valence-electron chi connectivity index (χ1n) is 7.74. The third-order valence-corrected chi connectivity index (χ3v) is 5.64. The van der Waals surface area contributed by atoms with E-state index in [2.05, 4.69) is 15.6 Å². The standard InChI is InChI=1S/C16H16ClN5O4S/c1-21(2)27(24,25)13-5-3-4-12(9-13)18-16(23)10-26-22-15-8-11(17)6-7-14(15)19-20-22/h3-9H,10H2,1-2H3,(H,18,23). The van der Waals surface area contributed by atoms with Crippen LogP contribution < -0.4 is 10.2 Å². The van der Waals surface area contributed by atoms with Crippen molar-refractivity contribution in [3.8, 4) is 0 Å². The van der Waals surface area contributed by atoms with Gasteiger partial charge in [-0.05, 0) is 41.6 Å². The first kappa shape index (κ1) is 19.1. The normalized spacial score (nSPS) is 11.7. The van der Waals surface area contributed by atoms with E-state index in [0.29, 0.717) is 21.7 Å². The lowest BCUT2D eigenvalue weighted by Crippen LogP contribution is -2.26. The molecular formula is C16H16ClN5O4S. The highest BCUT2D eigenvalue weighted by Crippen LogP contribution is 2.18. The Balaban J connectivity index is 1.68. The van der Waals surface area contributed by atoms with E-state index >= 15 is 0 Å². The van der Waals surface area contributed by atoms with Crippen LogP contribution in [-0.4, -0.2) is 54.5 Å². The zero-order valence-corrected chi connectivity index (χ0v) is 16.0. The highest BCUT2D eigenvalue weighted by molar-refractivity contribution is 7.89. The summed E-state index contributed by atoms with van der Waals surface area (Å²) in [6.07, 6.45) is 0. The molecule has 0 aliphatic heterocycles. The van der Waals surface area contributed by atoms with Crippen LogP contribution in [0, 0.1) is 0 Å². The Labute approximate surface area is 160 Å². The third kappa shape index (κ3) is 4.18. The van der Waals surface area contributed by atoms with Gasteiger partial charge in [0, 0.05) is 24.8 Å². The number of hydrogen-bond acceptors (Lipinski definition) is 6. The van der Waals surface area contributed by atoms with Gasteiger partial charge >= 0.3 is 0 Å². The molecule has 0 saturated heterocycles. The summed E-state index contributed by atoms with van der Waals surface area (Å²) >= 11 is 5.94. The van der Waals surface area contributed by atoms with Gasteiger partial charge in [0.05, 0.1) is 4.90 Å². The minimum absolute atomic E-state index is 0.0723. The molecule has 0 unspecified atom stereocenters. The molecule has 11 heteroatoms. The predicted molar refractivity (Wildman–Crippen MR) is 99.9 cm³/mol. The Hall–Kier alpha value is -2.69. The van der Waals surface area contributed by atoms with E-state index in [1.54, 1.807) is 30.3 Å². The number of fused-ring (bicyclic) bond motifs is 1. The van der Waals surface area contributed by atoms with Crippen molar-refractivity contribution in [2.75, 3.05) is 26.0 Å². The molecule has 142 valence electrons. The molecule has 0 atom stereocenters. The van der Waals surface area contributed by atoms with E-state index in [1.165, 1.54) is 26.2 Å². The van der Waals surface area contributed by atoms with Gasteiger partial charge in [-0.3, -0.25) is 4.79 Å². The summed E-state index contributed by atoms with van der Waals surface area (Å²) in [5.41, 5.74) is 1.42. The van der Waals surface area contributed by atoms with E-state index in [0.717, 1.165) is 9.15 Å². The summed E-state index contributed by atoms with van der Waals surface area (Å²) in [5.74, 6) is -0.486. The van der Waals surface area contributed by atoms with Crippen LogP contribution in [-0.2, 0) is 14.8 Å². The molecule has 0 bridgehead atoms. The summed E-state index contributed by atoms with van der Waals surface area (Å²) in [4.78, 5) is 18.6. The molecule has 1 heterocycles. The maximum Gasteiger partial charge on any atom is 0.265 e. The van der Waals surface area contributed by atoms with Gasteiger partial charge in [-0.2, -0.15) is 0 Å². The lowest BCUT2D eigenvalue weighted by Gasteiger charge is -2.12. The fraction of sp³-hybridized carbons (Fsp3) is 0.188. The van der Waals surface area contributed by atoms with Crippen LogP contribution in [0.25, 0.3) is 11.0 Å². The van der Waals surface area contributed by atoms with Crippen molar-refractivity contribution >= 4 is 44.3 Å². The van der Waals surface area contributed by atoms with Crippen molar-refractivity contribution in [2.24, 2.45) is 0 Å². The van der Waals surface area contributed by atoms with E-state index < -0.39 is 15.9 Å². The number of aromatic nitrogens is 3. The highest BCUT2D eigenvalue weighted by atomic mass is 35.5. The Morgan fingerprint density at radius 1 is 1.26 bits per heavy atom. The second-order valence-electron chi connectivity index (χ2n) is 5.73. The average Bonchev–Trinajstić information content (AvgIpc) is 3.02. The van der Waals surface area contributed by atoms with Crippen molar-refractivity contribution in [1.82, 2.24) is 19.5 Å². The summed E-state index contributed by atoms with van der Waals surface area (Å²) in [6.45, 7) is -0.352. The molecular weight excluding hydrogens is 394 g/mol. The Morgan fingerprint density at radius 3 is 2.78 bits per heavy atom. The molecule has 0 aliphatic carbocycles. The van der Waals surface area contributed by atoms with Crippen LogP contribution in [0.15, 0.2) is 47.4 Å².